The van der Waals surface area contributed by atoms with Crippen molar-refractivity contribution in [3.05, 3.63) is 30.5 Å². The van der Waals surface area contributed by atoms with Crippen LogP contribution in [0.1, 0.15) is 26.2 Å². The summed E-state index contributed by atoms with van der Waals surface area (Å²) < 4.78 is 7.15. The molecule has 0 saturated heterocycles. The van der Waals surface area contributed by atoms with Crippen molar-refractivity contribution in [3.8, 4) is 11.4 Å². The van der Waals surface area contributed by atoms with E-state index < -0.39 is 0 Å². The summed E-state index contributed by atoms with van der Waals surface area (Å²) >= 11 is 0. The summed E-state index contributed by atoms with van der Waals surface area (Å²) in [5.41, 5.74) is 2.03. The first-order valence-corrected chi connectivity index (χ1v) is 10.1. The number of aromatic nitrogens is 5. The number of hydrogen-bond donors (Lipinski definition) is 3. The zero-order valence-electron chi connectivity index (χ0n) is 16.8. The smallest absolute Gasteiger partial charge is 0.225 e. The summed E-state index contributed by atoms with van der Waals surface area (Å²) in [5, 5.41) is 23.3. The normalized spacial score (nSPS) is 18.5. The van der Waals surface area contributed by atoms with Crippen molar-refractivity contribution in [1.82, 2.24) is 30.3 Å². The summed E-state index contributed by atoms with van der Waals surface area (Å²) in [5.74, 6) is 1.20. The molecule has 3 aromatic rings. The molecule has 0 spiro atoms. The molecular formula is C20H25N7O3. The van der Waals surface area contributed by atoms with Crippen LogP contribution < -0.4 is 15.4 Å². The highest BCUT2D eigenvalue weighted by atomic mass is 16.5. The van der Waals surface area contributed by atoms with Crippen LogP contribution >= 0.6 is 0 Å². The lowest BCUT2D eigenvalue weighted by atomic mass is 10.1. The fourth-order valence-electron chi connectivity index (χ4n) is 3.68. The molecule has 0 bridgehead atoms. The monoisotopic (exact) mass is 411 g/mol. The highest BCUT2D eigenvalue weighted by Gasteiger charge is 2.30. The Hall–Kier alpha value is -3.27. The molecule has 1 amide bonds. The Balaban J connectivity index is 1.47. The Morgan fingerprint density at radius 1 is 1.30 bits per heavy atom. The number of anilines is 1. The van der Waals surface area contributed by atoms with Gasteiger partial charge in [0.2, 0.25) is 11.9 Å². The summed E-state index contributed by atoms with van der Waals surface area (Å²) in [4.78, 5) is 21.0. The van der Waals surface area contributed by atoms with Crippen LogP contribution in [0.3, 0.4) is 0 Å². The van der Waals surface area contributed by atoms with Gasteiger partial charge in [-0.3, -0.25) is 4.79 Å². The van der Waals surface area contributed by atoms with Gasteiger partial charge in [0.05, 0.1) is 25.1 Å². The van der Waals surface area contributed by atoms with Crippen LogP contribution in [0.4, 0.5) is 5.95 Å². The first-order chi connectivity index (χ1) is 14.7. The summed E-state index contributed by atoms with van der Waals surface area (Å²) in [6.07, 6.45) is 4.00. The number of ether oxygens (including phenoxy) is 1. The lowest BCUT2D eigenvalue weighted by Gasteiger charge is -2.13. The molecule has 30 heavy (non-hydrogen) atoms. The van der Waals surface area contributed by atoms with Crippen LogP contribution in [0.15, 0.2) is 30.5 Å². The molecular weight excluding hydrogens is 386 g/mol. The molecule has 10 heteroatoms. The van der Waals surface area contributed by atoms with Gasteiger partial charge in [-0.2, -0.15) is 9.67 Å². The van der Waals surface area contributed by atoms with E-state index in [1.54, 1.807) is 10.9 Å². The Labute approximate surface area is 173 Å². The third-order valence-electron chi connectivity index (χ3n) is 5.13. The van der Waals surface area contributed by atoms with Crippen molar-refractivity contribution in [2.24, 2.45) is 5.92 Å². The molecule has 2 atom stereocenters. The third kappa shape index (κ3) is 4.33. The summed E-state index contributed by atoms with van der Waals surface area (Å²) in [7, 11) is 0. The molecule has 2 aromatic heterocycles. The van der Waals surface area contributed by atoms with Crippen molar-refractivity contribution in [3.63, 3.8) is 0 Å². The van der Waals surface area contributed by atoms with E-state index in [1.807, 2.05) is 31.2 Å². The molecule has 2 heterocycles. The van der Waals surface area contributed by atoms with Gasteiger partial charge in [0.15, 0.2) is 11.2 Å². The van der Waals surface area contributed by atoms with E-state index in [2.05, 4.69) is 30.9 Å². The standard InChI is InChI=1S/C20H25N7O3/c1-2-30-16-7-5-15(6-8-16)27-18-17(25-26-27)12-22-20(24-18)23-14-4-3-13(11-14)19(29)21-9-10-28/h5-8,12-14,28H,2-4,9-11H2,1H3,(H,21,29)(H,22,23,24)/t13-,14-/m1/s1. The summed E-state index contributed by atoms with van der Waals surface area (Å²) in [6.45, 7) is 2.79. The van der Waals surface area contributed by atoms with Gasteiger partial charge in [0.25, 0.3) is 0 Å². The fraction of sp³-hybridized carbons (Fsp3) is 0.450. The van der Waals surface area contributed by atoms with Gasteiger partial charge in [-0.25, -0.2) is 4.98 Å². The topological polar surface area (TPSA) is 127 Å². The number of carbonyl (C=O) groups is 1. The lowest BCUT2D eigenvalue weighted by molar-refractivity contribution is -0.124. The zero-order valence-corrected chi connectivity index (χ0v) is 16.8. The van der Waals surface area contributed by atoms with Crippen molar-refractivity contribution in [2.75, 3.05) is 25.1 Å². The van der Waals surface area contributed by atoms with E-state index in [9.17, 15) is 4.79 Å². The number of rotatable bonds is 8. The van der Waals surface area contributed by atoms with Crippen LogP contribution in [0.2, 0.25) is 0 Å². The highest BCUT2D eigenvalue weighted by molar-refractivity contribution is 5.79. The van der Waals surface area contributed by atoms with Crippen LogP contribution in [-0.2, 0) is 4.79 Å². The second kappa shape index (κ2) is 9.04. The molecule has 10 nitrogen and oxygen atoms in total. The van der Waals surface area contributed by atoms with Crippen LogP contribution in [-0.4, -0.2) is 61.8 Å². The number of carbonyl (C=O) groups excluding carboxylic acids is 1. The molecule has 0 unspecified atom stereocenters. The molecule has 1 aliphatic rings. The second-order valence-electron chi connectivity index (χ2n) is 7.20. The van der Waals surface area contributed by atoms with Crippen molar-refractivity contribution in [1.29, 1.82) is 0 Å². The number of nitrogens with one attached hydrogen (secondary N) is 2. The van der Waals surface area contributed by atoms with E-state index in [0.717, 1.165) is 24.3 Å². The van der Waals surface area contributed by atoms with Crippen LogP contribution in [0.25, 0.3) is 16.9 Å². The molecule has 0 radical (unpaired) electrons. The largest absolute Gasteiger partial charge is 0.494 e. The van der Waals surface area contributed by atoms with Gasteiger partial charge in [0.1, 0.15) is 5.75 Å². The first-order valence-electron chi connectivity index (χ1n) is 10.1. The third-order valence-corrected chi connectivity index (χ3v) is 5.13. The average Bonchev–Trinajstić information content (AvgIpc) is 3.40. The number of nitrogens with zero attached hydrogens (tertiary/aromatic N) is 5. The number of aliphatic hydroxyl groups is 1. The fourth-order valence-corrected chi connectivity index (χ4v) is 3.68. The molecule has 158 valence electrons. The minimum Gasteiger partial charge on any atom is -0.494 e. The number of hydrogen-bond acceptors (Lipinski definition) is 8. The number of fused-ring (bicyclic) bond motifs is 1. The number of aliphatic hydroxyl groups excluding tert-OH is 1. The lowest BCUT2D eigenvalue weighted by Crippen LogP contribution is -2.32. The Morgan fingerprint density at radius 3 is 2.90 bits per heavy atom. The van der Waals surface area contributed by atoms with E-state index >= 15 is 0 Å². The molecule has 1 aromatic carbocycles. The Kier molecular flexibility index (Phi) is 6.03. The summed E-state index contributed by atoms with van der Waals surface area (Å²) in [6, 6.07) is 7.68. The highest BCUT2D eigenvalue weighted by Crippen LogP contribution is 2.28. The second-order valence-corrected chi connectivity index (χ2v) is 7.20. The van der Waals surface area contributed by atoms with E-state index in [0.29, 0.717) is 30.1 Å². The Bertz CT molecular complexity index is 1010. The van der Waals surface area contributed by atoms with Gasteiger partial charge in [0, 0.05) is 18.5 Å². The first kappa shape index (κ1) is 20.0. The maximum absolute atomic E-state index is 12.1. The SMILES string of the molecule is CCOc1ccc(-n2nnc3cnc(N[C@@H]4CC[C@@H](C(=O)NCCO)C4)nc32)cc1. The van der Waals surface area contributed by atoms with Crippen LogP contribution in [0, 0.1) is 5.92 Å². The minimum absolute atomic E-state index is 0.0116. The van der Waals surface area contributed by atoms with Gasteiger partial charge in [-0.05, 0) is 50.5 Å². The van der Waals surface area contributed by atoms with Gasteiger partial charge >= 0.3 is 0 Å². The van der Waals surface area contributed by atoms with Gasteiger partial charge in [-0.15, -0.1) is 5.10 Å². The predicted molar refractivity (Wildman–Crippen MR) is 110 cm³/mol. The zero-order chi connectivity index (χ0) is 20.9. The molecule has 1 fully saturated rings. The molecule has 1 saturated carbocycles. The van der Waals surface area contributed by atoms with Crippen molar-refractivity contribution < 1.29 is 14.6 Å². The van der Waals surface area contributed by atoms with Gasteiger partial charge in [-0.1, -0.05) is 5.21 Å². The molecule has 0 aliphatic heterocycles. The number of benzene rings is 1. The molecule has 4 rings (SSSR count). The molecule has 3 N–H and O–H groups in total. The van der Waals surface area contributed by atoms with Crippen molar-refractivity contribution in [2.45, 2.75) is 32.2 Å². The molecule has 1 aliphatic carbocycles. The van der Waals surface area contributed by atoms with Gasteiger partial charge < -0.3 is 20.5 Å². The quantitative estimate of drug-likeness (QED) is 0.506. The minimum atomic E-state index is -0.0613. The van der Waals surface area contributed by atoms with E-state index in [-0.39, 0.29) is 31.0 Å². The number of amides is 1. The maximum atomic E-state index is 12.1. The van der Waals surface area contributed by atoms with Crippen LogP contribution in [0.5, 0.6) is 5.75 Å². The van der Waals surface area contributed by atoms with E-state index in [1.165, 1.54) is 0 Å². The Morgan fingerprint density at radius 2 is 2.13 bits per heavy atom. The predicted octanol–water partition coefficient (Wildman–Crippen LogP) is 1.30. The van der Waals surface area contributed by atoms with Crippen molar-refractivity contribution >= 4 is 23.0 Å². The van der Waals surface area contributed by atoms with E-state index in [4.69, 9.17) is 9.84 Å². The maximum Gasteiger partial charge on any atom is 0.225 e. The average molecular weight is 411 g/mol.